The zero-order chi connectivity index (χ0) is 12.8. The molecule has 18 heavy (non-hydrogen) atoms. The van der Waals surface area contributed by atoms with Crippen molar-refractivity contribution in [3.63, 3.8) is 0 Å². The van der Waals surface area contributed by atoms with Crippen LogP contribution in [0.25, 0.3) is 0 Å². The van der Waals surface area contributed by atoms with Crippen molar-refractivity contribution < 1.29 is 9.13 Å². The molecule has 0 aromatic heterocycles. The molecule has 94 valence electrons. The van der Waals surface area contributed by atoms with Gasteiger partial charge in [-0.25, -0.2) is 4.39 Å². The highest BCUT2D eigenvalue weighted by atomic mass is 19.1. The topological polar surface area (TPSA) is 35.2 Å². The molecule has 0 fully saturated rings. The largest absolute Gasteiger partial charge is 0.367 e. The van der Waals surface area contributed by atoms with Gasteiger partial charge in [0.15, 0.2) is 0 Å². The van der Waals surface area contributed by atoms with Gasteiger partial charge in [0.25, 0.3) is 0 Å². The third-order valence-electron chi connectivity index (χ3n) is 2.78. The molecule has 2 aromatic carbocycles. The predicted molar refractivity (Wildman–Crippen MR) is 69.4 cm³/mol. The van der Waals surface area contributed by atoms with E-state index in [0.717, 1.165) is 5.56 Å². The molecule has 0 aliphatic carbocycles. The Kier molecular flexibility index (Phi) is 4.45. The van der Waals surface area contributed by atoms with Crippen LogP contribution in [-0.4, -0.2) is 6.54 Å². The summed E-state index contributed by atoms with van der Waals surface area (Å²) >= 11 is 0. The van der Waals surface area contributed by atoms with Crippen LogP contribution in [0.2, 0.25) is 0 Å². The summed E-state index contributed by atoms with van der Waals surface area (Å²) < 4.78 is 19.1. The summed E-state index contributed by atoms with van der Waals surface area (Å²) in [6, 6.07) is 16.3. The van der Waals surface area contributed by atoms with Crippen LogP contribution in [0, 0.1) is 5.82 Å². The summed E-state index contributed by atoms with van der Waals surface area (Å²) in [5.74, 6) is -0.249. The minimum absolute atomic E-state index is 0.203. The Bertz CT molecular complexity index is 487. The molecule has 0 saturated heterocycles. The summed E-state index contributed by atoms with van der Waals surface area (Å²) in [7, 11) is 0. The van der Waals surface area contributed by atoms with E-state index in [-0.39, 0.29) is 18.5 Å². The Morgan fingerprint density at radius 1 is 1.00 bits per heavy atom. The number of rotatable bonds is 5. The molecule has 0 bridgehead atoms. The average Bonchev–Trinajstić information content (AvgIpc) is 2.42. The van der Waals surface area contributed by atoms with Crippen LogP contribution in [0.15, 0.2) is 54.6 Å². The van der Waals surface area contributed by atoms with E-state index >= 15 is 0 Å². The molecule has 0 amide bonds. The molecule has 2 N–H and O–H groups in total. The first kappa shape index (κ1) is 12.7. The Hall–Kier alpha value is -1.71. The monoisotopic (exact) mass is 245 g/mol. The SMILES string of the molecule is NCC(OCc1ccccc1F)c1ccccc1. The quantitative estimate of drug-likeness (QED) is 0.878. The normalized spacial score (nSPS) is 12.3. The number of benzene rings is 2. The van der Waals surface area contributed by atoms with E-state index in [4.69, 9.17) is 10.5 Å². The maximum absolute atomic E-state index is 13.4. The lowest BCUT2D eigenvalue weighted by atomic mass is 10.1. The summed E-state index contributed by atoms with van der Waals surface area (Å²) in [5.41, 5.74) is 7.25. The first-order chi connectivity index (χ1) is 8.81. The lowest BCUT2D eigenvalue weighted by molar-refractivity contribution is 0.0440. The minimum Gasteiger partial charge on any atom is -0.367 e. The maximum atomic E-state index is 13.4. The number of hydrogen-bond donors (Lipinski definition) is 1. The van der Waals surface area contributed by atoms with Gasteiger partial charge in [-0.1, -0.05) is 48.5 Å². The van der Waals surface area contributed by atoms with Gasteiger partial charge in [0, 0.05) is 12.1 Å². The fraction of sp³-hybridized carbons (Fsp3) is 0.200. The van der Waals surface area contributed by atoms with E-state index < -0.39 is 0 Å². The summed E-state index contributed by atoms with van der Waals surface area (Å²) in [6.07, 6.45) is -0.203. The van der Waals surface area contributed by atoms with Crippen LogP contribution in [-0.2, 0) is 11.3 Å². The number of halogens is 1. The lowest BCUT2D eigenvalue weighted by Crippen LogP contribution is -2.16. The van der Waals surface area contributed by atoms with Crippen molar-refractivity contribution in [3.8, 4) is 0 Å². The van der Waals surface area contributed by atoms with Gasteiger partial charge in [0.2, 0.25) is 0 Å². The summed E-state index contributed by atoms with van der Waals surface area (Å²) in [6.45, 7) is 0.599. The van der Waals surface area contributed by atoms with E-state index in [2.05, 4.69) is 0 Å². The smallest absolute Gasteiger partial charge is 0.128 e. The summed E-state index contributed by atoms with van der Waals surface area (Å²) in [4.78, 5) is 0. The highest BCUT2D eigenvalue weighted by Gasteiger charge is 2.10. The zero-order valence-electron chi connectivity index (χ0n) is 10.1. The van der Waals surface area contributed by atoms with Crippen LogP contribution < -0.4 is 5.73 Å². The van der Waals surface area contributed by atoms with Gasteiger partial charge in [0.05, 0.1) is 12.7 Å². The molecule has 0 saturated carbocycles. The molecule has 2 aromatic rings. The van der Waals surface area contributed by atoms with Gasteiger partial charge in [0.1, 0.15) is 5.82 Å². The maximum Gasteiger partial charge on any atom is 0.128 e. The molecule has 0 heterocycles. The summed E-state index contributed by atoms with van der Waals surface area (Å²) in [5, 5.41) is 0. The van der Waals surface area contributed by atoms with Crippen molar-refractivity contribution in [3.05, 3.63) is 71.5 Å². The standard InChI is InChI=1S/C15H16FNO/c16-14-9-5-4-8-13(14)11-18-15(10-17)12-6-2-1-3-7-12/h1-9,15H,10-11,17H2. The van der Waals surface area contributed by atoms with Crippen molar-refractivity contribution in [1.29, 1.82) is 0 Å². The highest BCUT2D eigenvalue weighted by molar-refractivity contribution is 5.19. The van der Waals surface area contributed by atoms with Gasteiger partial charge >= 0.3 is 0 Å². The van der Waals surface area contributed by atoms with Crippen LogP contribution in [0.5, 0.6) is 0 Å². The van der Waals surface area contributed by atoms with Crippen molar-refractivity contribution in [2.24, 2.45) is 5.73 Å². The van der Waals surface area contributed by atoms with Crippen LogP contribution in [0.3, 0.4) is 0 Å². The Balaban J connectivity index is 2.02. The lowest BCUT2D eigenvalue weighted by Gasteiger charge is -2.16. The third-order valence-corrected chi connectivity index (χ3v) is 2.78. The Morgan fingerprint density at radius 2 is 1.67 bits per heavy atom. The number of ether oxygens (including phenoxy) is 1. The molecule has 1 unspecified atom stereocenters. The second kappa shape index (κ2) is 6.28. The van der Waals surface area contributed by atoms with Gasteiger partial charge in [-0.05, 0) is 11.6 Å². The Labute approximate surface area is 106 Å². The first-order valence-electron chi connectivity index (χ1n) is 5.91. The van der Waals surface area contributed by atoms with Crippen molar-refractivity contribution in [2.75, 3.05) is 6.54 Å². The average molecular weight is 245 g/mol. The molecule has 0 aliphatic heterocycles. The van der Waals surface area contributed by atoms with Crippen LogP contribution in [0.4, 0.5) is 4.39 Å². The zero-order valence-corrected chi connectivity index (χ0v) is 10.1. The molecule has 0 spiro atoms. The van der Waals surface area contributed by atoms with Crippen LogP contribution in [0.1, 0.15) is 17.2 Å². The molecular formula is C15H16FNO. The van der Waals surface area contributed by atoms with Crippen LogP contribution >= 0.6 is 0 Å². The molecular weight excluding hydrogens is 229 g/mol. The van der Waals surface area contributed by atoms with E-state index in [1.54, 1.807) is 18.2 Å². The second-order valence-electron chi connectivity index (χ2n) is 4.04. The Morgan fingerprint density at radius 3 is 2.33 bits per heavy atom. The molecule has 0 aliphatic rings. The van der Waals surface area contributed by atoms with E-state index in [1.807, 2.05) is 30.3 Å². The van der Waals surface area contributed by atoms with Gasteiger partial charge < -0.3 is 10.5 Å². The minimum atomic E-state index is -0.249. The molecule has 1 atom stereocenters. The first-order valence-corrected chi connectivity index (χ1v) is 5.91. The van der Waals surface area contributed by atoms with Crippen molar-refractivity contribution >= 4 is 0 Å². The van der Waals surface area contributed by atoms with E-state index in [0.29, 0.717) is 12.1 Å². The van der Waals surface area contributed by atoms with Crippen molar-refractivity contribution in [1.82, 2.24) is 0 Å². The predicted octanol–water partition coefficient (Wildman–Crippen LogP) is 3.04. The molecule has 2 nitrogen and oxygen atoms in total. The van der Waals surface area contributed by atoms with E-state index in [1.165, 1.54) is 6.07 Å². The van der Waals surface area contributed by atoms with Gasteiger partial charge in [-0.3, -0.25) is 0 Å². The molecule has 0 radical (unpaired) electrons. The number of nitrogens with two attached hydrogens (primary N) is 1. The molecule has 3 heteroatoms. The number of hydrogen-bond acceptors (Lipinski definition) is 2. The van der Waals surface area contributed by atoms with Crippen molar-refractivity contribution in [2.45, 2.75) is 12.7 Å². The fourth-order valence-electron chi connectivity index (χ4n) is 1.77. The van der Waals surface area contributed by atoms with E-state index in [9.17, 15) is 4.39 Å². The second-order valence-corrected chi connectivity index (χ2v) is 4.04. The highest BCUT2D eigenvalue weighted by Crippen LogP contribution is 2.18. The third kappa shape index (κ3) is 3.15. The van der Waals surface area contributed by atoms with Gasteiger partial charge in [-0.15, -0.1) is 0 Å². The molecule has 2 rings (SSSR count). The van der Waals surface area contributed by atoms with Gasteiger partial charge in [-0.2, -0.15) is 0 Å². The fourth-order valence-corrected chi connectivity index (χ4v) is 1.77.